The molecule has 0 aliphatic heterocycles. The highest BCUT2D eigenvalue weighted by atomic mass is 16.1. The van der Waals surface area contributed by atoms with Gasteiger partial charge in [0.15, 0.2) is 0 Å². The maximum absolute atomic E-state index is 11.4. The summed E-state index contributed by atoms with van der Waals surface area (Å²) in [5.74, 6) is 2.21. The van der Waals surface area contributed by atoms with Crippen LogP contribution in [-0.4, -0.2) is 15.7 Å². The summed E-state index contributed by atoms with van der Waals surface area (Å²) < 4.78 is 0. The van der Waals surface area contributed by atoms with Gasteiger partial charge in [0, 0.05) is 23.4 Å². The Kier molecular flexibility index (Phi) is 4.57. The molecule has 2 rings (SSSR count). The lowest BCUT2D eigenvalue weighted by atomic mass is 9.76. The van der Waals surface area contributed by atoms with Gasteiger partial charge in [0.1, 0.15) is 0 Å². The van der Waals surface area contributed by atoms with Crippen molar-refractivity contribution in [3.05, 3.63) is 22.1 Å². The molecule has 0 saturated heterocycles. The molecular weight excluding hydrogens is 252 g/mol. The number of hydrazone groups is 1. The zero-order chi connectivity index (χ0) is 14.7. The highest BCUT2D eigenvalue weighted by Crippen LogP contribution is 2.31. The van der Waals surface area contributed by atoms with Crippen molar-refractivity contribution < 1.29 is 0 Å². The van der Waals surface area contributed by atoms with Crippen LogP contribution in [0.5, 0.6) is 0 Å². The second-order valence-corrected chi connectivity index (χ2v) is 6.19. The highest BCUT2D eigenvalue weighted by molar-refractivity contribution is 5.88. The van der Waals surface area contributed by atoms with E-state index in [2.05, 4.69) is 41.3 Å². The van der Waals surface area contributed by atoms with Gasteiger partial charge in [-0.15, -0.1) is 0 Å². The molecule has 1 heterocycles. The maximum Gasteiger partial charge on any atom is 0.252 e. The number of H-pyrrole nitrogens is 1. The van der Waals surface area contributed by atoms with Crippen molar-refractivity contribution in [1.82, 2.24) is 9.97 Å². The smallest absolute Gasteiger partial charge is 0.252 e. The molecule has 0 aromatic carbocycles. The molecule has 1 fully saturated rings. The Morgan fingerprint density at radius 1 is 1.45 bits per heavy atom. The Morgan fingerprint density at radius 3 is 2.85 bits per heavy atom. The largest absolute Gasteiger partial charge is 0.291 e. The van der Waals surface area contributed by atoms with E-state index in [9.17, 15) is 4.79 Å². The normalized spacial score (nSPS) is 25.1. The van der Waals surface area contributed by atoms with Crippen LogP contribution in [-0.2, 0) is 0 Å². The summed E-state index contributed by atoms with van der Waals surface area (Å²) in [6, 6.07) is 1.47. The lowest BCUT2D eigenvalue weighted by Gasteiger charge is -2.30. The fourth-order valence-corrected chi connectivity index (χ4v) is 2.84. The van der Waals surface area contributed by atoms with Gasteiger partial charge in [0.2, 0.25) is 5.95 Å². The number of aromatic nitrogens is 2. The third-order valence-corrected chi connectivity index (χ3v) is 3.94. The third kappa shape index (κ3) is 3.68. The molecule has 110 valence electrons. The second kappa shape index (κ2) is 6.20. The molecule has 2 atom stereocenters. The van der Waals surface area contributed by atoms with Crippen LogP contribution in [0.15, 0.2) is 16.0 Å². The first-order chi connectivity index (χ1) is 9.45. The van der Waals surface area contributed by atoms with Crippen molar-refractivity contribution >= 4 is 11.7 Å². The average molecular weight is 276 g/mol. The Bertz CT molecular complexity index is 547. The van der Waals surface area contributed by atoms with Crippen molar-refractivity contribution in [1.29, 1.82) is 0 Å². The summed E-state index contributed by atoms with van der Waals surface area (Å²) >= 11 is 0. The number of aromatic amines is 1. The van der Waals surface area contributed by atoms with Crippen LogP contribution in [0.1, 0.15) is 45.7 Å². The van der Waals surface area contributed by atoms with Crippen molar-refractivity contribution in [3.8, 4) is 0 Å². The van der Waals surface area contributed by atoms with Gasteiger partial charge >= 0.3 is 0 Å². The van der Waals surface area contributed by atoms with Gasteiger partial charge in [-0.2, -0.15) is 5.10 Å². The van der Waals surface area contributed by atoms with Gasteiger partial charge in [-0.05, 0) is 38.0 Å². The van der Waals surface area contributed by atoms with Gasteiger partial charge < -0.3 is 0 Å². The van der Waals surface area contributed by atoms with Crippen molar-refractivity contribution in [2.24, 2.45) is 22.9 Å². The fraction of sp³-hybridized carbons (Fsp3) is 0.667. The van der Waals surface area contributed by atoms with E-state index in [1.165, 1.54) is 24.6 Å². The molecule has 20 heavy (non-hydrogen) atoms. The van der Waals surface area contributed by atoms with Gasteiger partial charge in [-0.1, -0.05) is 20.8 Å². The minimum atomic E-state index is -0.155. The van der Waals surface area contributed by atoms with E-state index >= 15 is 0 Å². The number of aryl methyl sites for hydroxylation is 1. The number of anilines is 1. The van der Waals surface area contributed by atoms with E-state index < -0.39 is 0 Å². The summed E-state index contributed by atoms with van der Waals surface area (Å²) in [4.78, 5) is 18.3. The molecule has 0 amide bonds. The van der Waals surface area contributed by atoms with E-state index in [-0.39, 0.29) is 5.56 Å². The second-order valence-electron chi connectivity index (χ2n) is 6.19. The zero-order valence-electron chi connectivity index (χ0n) is 12.7. The van der Waals surface area contributed by atoms with Crippen molar-refractivity contribution in [2.75, 3.05) is 5.43 Å². The summed E-state index contributed by atoms with van der Waals surface area (Å²) in [6.07, 6.45) is 3.48. The first kappa shape index (κ1) is 14.8. The van der Waals surface area contributed by atoms with Gasteiger partial charge in [-0.25, -0.2) is 10.4 Å². The Labute approximate surface area is 119 Å². The first-order valence-corrected chi connectivity index (χ1v) is 7.36. The molecule has 1 aliphatic rings. The third-order valence-electron chi connectivity index (χ3n) is 3.94. The molecule has 0 radical (unpaired) electrons. The summed E-state index contributed by atoms with van der Waals surface area (Å²) in [6.45, 7) is 8.54. The molecule has 0 spiro atoms. The molecule has 2 N–H and O–H groups in total. The molecule has 1 saturated carbocycles. The van der Waals surface area contributed by atoms with Crippen molar-refractivity contribution in [2.45, 2.75) is 47.0 Å². The summed E-state index contributed by atoms with van der Waals surface area (Å²) in [7, 11) is 0. The highest BCUT2D eigenvalue weighted by Gasteiger charge is 2.27. The SMILES string of the molecule is Cc1cc(=O)[nH]c(N/N=C2/C[C@H](C)CC[C@@H]2C(C)C)n1. The van der Waals surface area contributed by atoms with E-state index in [4.69, 9.17) is 0 Å². The monoisotopic (exact) mass is 276 g/mol. The van der Waals surface area contributed by atoms with E-state index in [0.717, 1.165) is 6.42 Å². The standard InChI is InChI=1S/C15H24N4O/c1-9(2)12-6-5-10(3)7-13(12)18-19-15-16-11(4)8-14(20)17-15/h8-10,12H,5-7H2,1-4H3,(H2,16,17,19,20)/b18-13-/t10-,12-/m1/s1. The van der Waals surface area contributed by atoms with Crippen LogP contribution >= 0.6 is 0 Å². The van der Waals surface area contributed by atoms with Crippen LogP contribution < -0.4 is 11.0 Å². The number of nitrogens with one attached hydrogen (secondary N) is 2. The average Bonchev–Trinajstić information content (AvgIpc) is 2.35. The van der Waals surface area contributed by atoms with E-state index in [1.54, 1.807) is 6.92 Å². The lowest BCUT2D eigenvalue weighted by Crippen LogP contribution is -2.28. The number of hydrogen-bond acceptors (Lipinski definition) is 4. The summed E-state index contributed by atoms with van der Waals surface area (Å²) in [5.41, 5.74) is 4.65. The topological polar surface area (TPSA) is 70.1 Å². The summed E-state index contributed by atoms with van der Waals surface area (Å²) in [5, 5.41) is 4.52. The van der Waals surface area contributed by atoms with Crippen molar-refractivity contribution in [3.63, 3.8) is 0 Å². The Morgan fingerprint density at radius 2 is 2.20 bits per heavy atom. The zero-order valence-corrected chi connectivity index (χ0v) is 12.7. The van der Waals surface area contributed by atoms with Gasteiger partial charge in [0.25, 0.3) is 5.56 Å². The van der Waals surface area contributed by atoms with E-state index in [1.807, 2.05) is 0 Å². The molecule has 0 bridgehead atoms. The lowest BCUT2D eigenvalue weighted by molar-refractivity contribution is 0.364. The Balaban J connectivity index is 2.16. The molecule has 1 aromatic heterocycles. The Hall–Kier alpha value is -1.65. The predicted octanol–water partition coefficient (Wildman–Crippen LogP) is 2.94. The molecule has 1 aromatic rings. The number of hydrogen-bond donors (Lipinski definition) is 2. The molecule has 0 unspecified atom stereocenters. The van der Waals surface area contributed by atoms with Gasteiger partial charge in [-0.3, -0.25) is 9.78 Å². The molecule has 1 aliphatic carbocycles. The van der Waals surface area contributed by atoms with E-state index in [0.29, 0.717) is 29.4 Å². The minimum Gasteiger partial charge on any atom is -0.291 e. The molecular formula is C15H24N4O. The van der Waals surface area contributed by atoms with Crippen LogP contribution in [0.4, 0.5) is 5.95 Å². The first-order valence-electron chi connectivity index (χ1n) is 7.36. The van der Waals surface area contributed by atoms with Crippen LogP contribution in [0.25, 0.3) is 0 Å². The van der Waals surface area contributed by atoms with Crippen LogP contribution in [0, 0.1) is 24.7 Å². The van der Waals surface area contributed by atoms with Crippen LogP contribution in [0.3, 0.4) is 0 Å². The maximum atomic E-state index is 11.4. The van der Waals surface area contributed by atoms with Gasteiger partial charge in [0.05, 0.1) is 0 Å². The quantitative estimate of drug-likeness (QED) is 0.834. The number of rotatable bonds is 3. The fourth-order valence-electron chi connectivity index (χ4n) is 2.84. The predicted molar refractivity (Wildman–Crippen MR) is 82.0 cm³/mol. The minimum absolute atomic E-state index is 0.155. The molecule has 5 heteroatoms. The van der Waals surface area contributed by atoms with Crippen LogP contribution in [0.2, 0.25) is 0 Å². The molecule has 5 nitrogen and oxygen atoms in total. The number of nitrogens with zero attached hydrogens (tertiary/aromatic N) is 2.